The molecule has 1 saturated heterocycles. The molecule has 1 aliphatic heterocycles. The number of benzene rings is 1. The van der Waals surface area contributed by atoms with Gasteiger partial charge in [-0.2, -0.15) is 17.9 Å². The lowest BCUT2D eigenvalue weighted by atomic mass is 10.1. The Morgan fingerprint density at radius 2 is 2.21 bits per heavy atom. The van der Waals surface area contributed by atoms with Gasteiger partial charge in [-0.25, -0.2) is 4.98 Å². The number of aromatic amines is 1. The Bertz CT molecular complexity index is 1070. The van der Waals surface area contributed by atoms with Gasteiger partial charge in [0.15, 0.2) is 5.69 Å². The molecule has 0 spiro atoms. The Morgan fingerprint density at radius 3 is 2.86 bits per heavy atom. The molecule has 2 aromatic heterocycles. The number of nitrogens with zero attached hydrogens (tertiary/aromatic N) is 3. The van der Waals surface area contributed by atoms with E-state index in [0.717, 1.165) is 33.6 Å². The molecular formula is C19H19F3N4O2S. The standard InChI is InChI=1S/C19H19F3N4O2S/c1-2-12(23-10-11-6-5-9-28-11)15-16(19(20,21)22)25-26(17(15)27)18-24-13-7-3-4-8-14(13)29-18/h3-4,7-8,11,25H,2,5-6,9-10H2,1H3/t11-/m0/s1. The summed E-state index contributed by atoms with van der Waals surface area (Å²) in [6.07, 6.45) is -2.92. The minimum atomic E-state index is -4.73. The van der Waals surface area contributed by atoms with Crippen LogP contribution in [0.4, 0.5) is 13.2 Å². The largest absolute Gasteiger partial charge is 0.433 e. The lowest BCUT2D eigenvalue weighted by molar-refractivity contribution is -0.141. The van der Waals surface area contributed by atoms with Crippen molar-refractivity contribution in [3.05, 3.63) is 45.9 Å². The second kappa shape index (κ2) is 7.75. The van der Waals surface area contributed by atoms with Gasteiger partial charge >= 0.3 is 6.18 Å². The van der Waals surface area contributed by atoms with E-state index in [1.54, 1.807) is 31.2 Å². The zero-order valence-corrected chi connectivity index (χ0v) is 16.4. The highest BCUT2D eigenvalue weighted by atomic mass is 32.1. The third-order valence-electron chi connectivity index (χ3n) is 4.78. The number of ether oxygens (including phenoxy) is 1. The van der Waals surface area contributed by atoms with Crippen molar-refractivity contribution in [2.75, 3.05) is 13.2 Å². The minimum absolute atomic E-state index is 0.115. The van der Waals surface area contributed by atoms with Crippen LogP contribution in [-0.4, -0.2) is 39.7 Å². The van der Waals surface area contributed by atoms with E-state index < -0.39 is 23.0 Å². The lowest BCUT2D eigenvalue weighted by Crippen LogP contribution is -2.23. The molecule has 1 N–H and O–H groups in total. The van der Waals surface area contributed by atoms with Gasteiger partial charge < -0.3 is 4.74 Å². The Labute approximate surface area is 168 Å². The number of para-hydroxylation sites is 1. The zero-order valence-electron chi connectivity index (χ0n) is 15.6. The van der Waals surface area contributed by atoms with Crippen molar-refractivity contribution in [3.8, 4) is 5.13 Å². The summed E-state index contributed by atoms with van der Waals surface area (Å²) in [5, 5.41) is 2.38. The normalized spacial score (nSPS) is 18.1. The maximum absolute atomic E-state index is 13.7. The number of aromatic nitrogens is 3. The number of thiazole rings is 1. The summed E-state index contributed by atoms with van der Waals surface area (Å²) in [7, 11) is 0. The molecule has 0 aliphatic carbocycles. The summed E-state index contributed by atoms with van der Waals surface area (Å²) < 4.78 is 48.3. The molecule has 154 valence electrons. The first-order valence-corrected chi connectivity index (χ1v) is 10.1. The van der Waals surface area contributed by atoms with Crippen LogP contribution in [0.5, 0.6) is 0 Å². The molecule has 3 aromatic rings. The van der Waals surface area contributed by atoms with Crippen LogP contribution in [0.3, 0.4) is 0 Å². The fourth-order valence-corrected chi connectivity index (χ4v) is 4.29. The number of aliphatic imine (C=N–C) groups is 1. The molecular weight excluding hydrogens is 405 g/mol. The van der Waals surface area contributed by atoms with Gasteiger partial charge in [0.1, 0.15) is 0 Å². The molecule has 1 aliphatic rings. The number of hydrogen-bond acceptors (Lipinski definition) is 5. The number of rotatable bonds is 5. The SMILES string of the molecule is CCC(=NC[C@@H]1CCCO1)c1c(C(F)(F)F)[nH]n(-c2nc3ccccc3s2)c1=O. The van der Waals surface area contributed by atoms with Crippen LogP contribution >= 0.6 is 11.3 Å². The first-order chi connectivity index (χ1) is 13.9. The van der Waals surface area contributed by atoms with E-state index in [4.69, 9.17) is 4.74 Å². The first kappa shape index (κ1) is 19.8. The van der Waals surface area contributed by atoms with Crippen LogP contribution in [0.1, 0.15) is 37.4 Å². The topological polar surface area (TPSA) is 72.3 Å². The zero-order chi connectivity index (χ0) is 20.6. The van der Waals surface area contributed by atoms with E-state index in [-0.39, 0.29) is 29.9 Å². The summed E-state index contributed by atoms with van der Waals surface area (Å²) >= 11 is 1.14. The highest BCUT2D eigenvalue weighted by molar-refractivity contribution is 7.20. The first-order valence-electron chi connectivity index (χ1n) is 9.32. The molecule has 10 heteroatoms. The molecule has 29 heavy (non-hydrogen) atoms. The number of fused-ring (bicyclic) bond motifs is 1. The van der Waals surface area contributed by atoms with E-state index in [1.165, 1.54) is 0 Å². The van der Waals surface area contributed by atoms with Crippen LogP contribution in [0, 0.1) is 0 Å². The Balaban J connectivity index is 1.81. The van der Waals surface area contributed by atoms with Gasteiger partial charge in [-0.05, 0) is 31.4 Å². The van der Waals surface area contributed by atoms with E-state index in [0.29, 0.717) is 12.1 Å². The Hall–Kier alpha value is -2.46. The van der Waals surface area contributed by atoms with Crippen molar-refractivity contribution in [2.45, 2.75) is 38.5 Å². The van der Waals surface area contributed by atoms with Gasteiger partial charge in [0.05, 0.1) is 28.4 Å². The summed E-state index contributed by atoms with van der Waals surface area (Å²) in [5.74, 6) is 0. The summed E-state index contributed by atoms with van der Waals surface area (Å²) in [5.41, 5.74) is -1.61. The smallest absolute Gasteiger partial charge is 0.376 e. The fourth-order valence-electron chi connectivity index (χ4n) is 3.37. The number of H-pyrrole nitrogens is 1. The van der Waals surface area contributed by atoms with Crippen molar-refractivity contribution in [1.29, 1.82) is 0 Å². The molecule has 3 heterocycles. The molecule has 4 rings (SSSR count). The Morgan fingerprint density at radius 1 is 1.41 bits per heavy atom. The highest BCUT2D eigenvalue weighted by Gasteiger charge is 2.39. The molecule has 0 saturated carbocycles. The van der Waals surface area contributed by atoms with Gasteiger partial charge in [0, 0.05) is 12.3 Å². The van der Waals surface area contributed by atoms with E-state index in [2.05, 4.69) is 15.1 Å². The molecule has 6 nitrogen and oxygen atoms in total. The van der Waals surface area contributed by atoms with Crippen molar-refractivity contribution in [2.24, 2.45) is 4.99 Å². The van der Waals surface area contributed by atoms with Gasteiger partial charge in [0.2, 0.25) is 5.13 Å². The van der Waals surface area contributed by atoms with E-state index in [9.17, 15) is 18.0 Å². The van der Waals surface area contributed by atoms with Gasteiger partial charge in [-0.1, -0.05) is 30.4 Å². The van der Waals surface area contributed by atoms with E-state index >= 15 is 0 Å². The third kappa shape index (κ3) is 3.86. The quantitative estimate of drug-likeness (QED) is 0.625. The van der Waals surface area contributed by atoms with Gasteiger partial charge in [-0.3, -0.25) is 14.9 Å². The van der Waals surface area contributed by atoms with Gasteiger partial charge in [-0.15, -0.1) is 0 Å². The Kier molecular flexibility index (Phi) is 5.30. The van der Waals surface area contributed by atoms with Crippen LogP contribution in [0.25, 0.3) is 15.3 Å². The summed E-state index contributed by atoms with van der Waals surface area (Å²) in [4.78, 5) is 21.6. The highest BCUT2D eigenvalue weighted by Crippen LogP contribution is 2.31. The second-order valence-electron chi connectivity index (χ2n) is 6.74. The molecule has 0 amide bonds. The summed E-state index contributed by atoms with van der Waals surface area (Å²) in [6, 6.07) is 7.14. The predicted molar refractivity (Wildman–Crippen MR) is 105 cm³/mol. The molecule has 0 radical (unpaired) electrons. The number of halogens is 3. The van der Waals surface area contributed by atoms with Crippen LogP contribution < -0.4 is 5.56 Å². The maximum Gasteiger partial charge on any atom is 0.433 e. The predicted octanol–water partition coefficient (Wildman–Crippen LogP) is 4.17. The number of alkyl halides is 3. The average Bonchev–Trinajstić information content (AvgIpc) is 3.40. The van der Waals surface area contributed by atoms with Gasteiger partial charge in [0.25, 0.3) is 5.56 Å². The summed E-state index contributed by atoms with van der Waals surface area (Å²) in [6.45, 7) is 2.55. The van der Waals surface area contributed by atoms with E-state index in [1.807, 2.05) is 0 Å². The van der Waals surface area contributed by atoms with Crippen LogP contribution in [0.2, 0.25) is 0 Å². The van der Waals surface area contributed by atoms with Crippen molar-refractivity contribution < 1.29 is 17.9 Å². The van der Waals surface area contributed by atoms with Crippen molar-refractivity contribution in [1.82, 2.24) is 14.8 Å². The minimum Gasteiger partial charge on any atom is -0.376 e. The molecule has 0 bridgehead atoms. The fraction of sp³-hybridized carbons (Fsp3) is 0.421. The molecule has 1 fully saturated rings. The van der Waals surface area contributed by atoms with Crippen LogP contribution in [0.15, 0.2) is 34.1 Å². The van der Waals surface area contributed by atoms with Crippen molar-refractivity contribution >= 4 is 27.3 Å². The van der Waals surface area contributed by atoms with Crippen molar-refractivity contribution in [3.63, 3.8) is 0 Å². The third-order valence-corrected chi connectivity index (χ3v) is 5.80. The molecule has 1 atom stereocenters. The van der Waals surface area contributed by atoms with Crippen LogP contribution in [-0.2, 0) is 10.9 Å². The maximum atomic E-state index is 13.7. The second-order valence-corrected chi connectivity index (χ2v) is 7.75. The number of hydrogen-bond donors (Lipinski definition) is 1. The average molecular weight is 424 g/mol. The molecule has 1 aromatic carbocycles. The molecule has 0 unspecified atom stereocenters. The number of nitrogens with one attached hydrogen (secondary N) is 1. The monoisotopic (exact) mass is 424 g/mol. The lowest BCUT2D eigenvalue weighted by Gasteiger charge is -2.09.